The molecule has 0 saturated carbocycles. The monoisotopic (exact) mass is 323 g/mol. The van der Waals surface area contributed by atoms with E-state index in [1.807, 2.05) is 0 Å². The van der Waals surface area contributed by atoms with Crippen LogP contribution >= 0.6 is 11.6 Å². The Morgan fingerprint density at radius 1 is 1.15 bits per heavy atom. The Morgan fingerprint density at radius 3 is 1.90 bits per heavy atom. The summed E-state index contributed by atoms with van der Waals surface area (Å²) in [5.41, 5.74) is -1.06. The summed E-state index contributed by atoms with van der Waals surface area (Å²) in [5.74, 6) is -1.70. The van der Waals surface area contributed by atoms with E-state index in [9.17, 15) is 27.2 Å². The van der Waals surface area contributed by atoms with Crippen molar-refractivity contribution in [2.24, 2.45) is 0 Å². The molecule has 0 aliphatic heterocycles. The zero-order valence-corrected chi connectivity index (χ0v) is 11.9. The van der Waals surface area contributed by atoms with E-state index < -0.39 is 35.0 Å². The van der Waals surface area contributed by atoms with Crippen LogP contribution in [0.3, 0.4) is 0 Å². The molecule has 0 radical (unpaired) electrons. The van der Waals surface area contributed by atoms with Gasteiger partial charge in [0.15, 0.2) is 6.04 Å². The first-order valence-corrected chi connectivity index (χ1v) is 5.62. The third-order valence-electron chi connectivity index (χ3n) is 1.84. The van der Waals surface area contributed by atoms with Crippen LogP contribution in [0.1, 0.15) is 20.8 Å². The zero-order valence-electron chi connectivity index (χ0n) is 11.1. The molecule has 2 atom stereocenters. The molecule has 0 rings (SSSR count). The minimum atomic E-state index is -5.61. The van der Waals surface area contributed by atoms with Crippen molar-refractivity contribution in [3.05, 3.63) is 0 Å². The highest BCUT2D eigenvalue weighted by atomic mass is 35.5. The Labute approximate surface area is 117 Å². The molecule has 10 heteroatoms. The highest BCUT2D eigenvalue weighted by Crippen LogP contribution is 2.40. The van der Waals surface area contributed by atoms with E-state index in [4.69, 9.17) is 11.6 Å². The number of alkyl carbamates (subject to hydrolysis) is 1. The Morgan fingerprint density at radius 2 is 1.60 bits per heavy atom. The van der Waals surface area contributed by atoms with Crippen LogP contribution in [0.25, 0.3) is 0 Å². The first-order chi connectivity index (χ1) is 8.72. The van der Waals surface area contributed by atoms with Crippen molar-refractivity contribution in [1.29, 1.82) is 0 Å². The second kappa shape index (κ2) is 6.02. The van der Waals surface area contributed by atoms with Gasteiger partial charge in [-0.15, -0.1) is 0 Å². The van der Waals surface area contributed by atoms with E-state index in [1.54, 1.807) is 0 Å². The van der Waals surface area contributed by atoms with E-state index in [2.05, 4.69) is 9.47 Å². The number of hydrogen-bond donors (Lipinski definition) is 1. The van der Waals surface area contributed by atoms with Gasteiger partial charge in [-0.3, -0.25) is 0 Å². The number of esters is 1. The molecule has 0 fully saturated rings. The maximum absolute atomic E-state index is 13.6. The van der Waals surface area contributed by atoms with Crippen LogP contribution in [0.15, 0.2) is 0 Å². The number of amides is 1. The summed E-state index contributed by atoms with van der Waals surface area (Å²) in [6.45, 7) is 4.27. The van der Waals surface area contributed by atoms with Crippen molar-refractivity contribution in [3.8, 4) is 0 Å². The summed E-state index contributed by atoms with van der Waals surface area (Å²) in [6, 6.07) is -2.80. The number of rotatable bonds is 3. The SMILES string of the molecule is COC(=O)C(NC(=O)OC(C)(C)C)C(F)(Cl)C(F)(F)F. The Bertz CT molecular complexity index is 378. The van der Waals surface area contributed by atoms with Crippen molar-refractivity contribution < 1.29 is 36.6 Å². The molecule has 2 unspecified atom stereocenters. The van der Waals surface area contributed by atoms with Gasteiger partial charge in [0.1, 0.15) is 5.60 Å². The fraction of sp³-hybridized carbons (Fsp3) is 0.800. The molecular weight excluding hydrogens is 310 g/mol. The summed E-state index contributed by atoms with van der Waals surface area (Å²) in [5, 5.41) is -3.12. The van der Waals surface area contributed by atoms with Gasteiger partial charge in [-0.05, 0) is 20.8 Å². The smallest absolute Gasteiger partial charge is 0.439 e. The number of methoxy groups -OCH3 is 1. The topological polar surface area (TPSA) is 64.6 Å². The molecule has 0 bridgehead atoms. The first-order valence-electron chi connectivity index (χ1n) is 5.24. The Kier molecular flexibility index (Phi) is 5.65. The number of carbonyl (C=O) groups excluding carboxylic acids is 2. The van der Waals surface area contributed by atoms with Gasteiger partial charge in [-0.2, -0.15) is 13.2 Å². The Balaban J connectivity index is 5.21. The average molecular weight is 324 g/mol. The minimum Gasteiger partial charge on any atom is -0.467 e. The quantitative estimate of drug-likeness (QED) is 0.492. The second-order valence-corrected chi connectivity index (χ2v) is 5.27. The highest BCUT2D eigenvalue weighted by Gasteiger charge is 2.63. The van der Waals surface area contributed by atoms with Crippen LogP contribution < -0.4 is 5.32 Å². The lowest BCUT2D eigenvalue weighted by Gasteiger charge is -2.29. The summed E-state index contributed by atoms with van der Waals surface area (Å²) in [4.78, 5) is 22.5. The van der Waals surface area contributed by atoms with Gasteiger partial charge in [0, 0.05) is 0 Å². The van der Waals surface area contributed by atoms with Gasteiger partial charge in [0.05, 0.1) is 7.11 Å². The molecule has 0 heterocycles. The zero-order chi connectivity index (χ0) is 16.4. The van der Waals surface area contributed by atoms with Crippen LogP contribution in [-0.4, -0.2) is 42.1 Å². The normalized spacial score (nSPS) is 16.9. The lowest BCUT2D eigenvalue weighted by molar-refractivity contribution is -0.211. The predicted octanol–water partition coefficient (Wildman–Crippen LogP) is 2.52. The summed E-state index contributed by atoms with van der Waals surface area (Å²) in [6.07, 6.45) is -7.05. The lowest BCUT2D eigenvalue weighted by atomic mass is 10.1. The first kappa shape index (κ1) is 18.8. The van der Waals surface area contributed by atoms with Gasteiger partial charge in [-0.1, -0.05) is 11.6 Å². The van der Waals surface area contributed by atoms with Gasteiger partial charge in [0.25, 0.3) is 0 Å². The van der Waals surface area contributed by atoms with Gasteiger partial charge in [-0.25, -0.2) is 14.0 Å². The van der Waals surface area contributed by atoms with E-state index in [1.165, 1.54) is 26.1 Å². The van der Waals surface area contributed by atoms with Crippen LogP contribution in [0.5, 0.6) is 0 Å². The number of hydrogen-bond acceptors (Lipinski definition) is 4. The van der Waals surface area contributed by atoms with E-state index in [0.717, 1.165) is 7.11 Å². The van der Waals surface area contributed by atoms with Gasteiger partial charge in [0.2, 0.25) is 0 Å². The lowest BCUT2D eigenvalue weighted by Crippen LogP contribution is -2.59. The van der Waals surface area contributed by atoms with E-state index >= 15 is 0 Å². The summed E-state index contributed by atoms with van der Waals surface area (Å²) < 4.78 is 59.6. The van der Waals surface area contributed by atoms with Crippen molar-refractivity contribution in [2.45, 2.75) is 43.7 Å². The third-order valence-corrected chi connectivity index (χ3v) is 2.27. The second-order valence-electron chi connectivity index (χ2n) is 4.72. The summed E-state index contributed by atoms with van der Waals surface area (Å²) in [7, 11) is 0.718. The van der Waals surface area contributed by atoms with Crippen LogP contribution in [0.4, 0.5) is 22.4 Å². The largest absolute Gasteiger partial charge is 0.467 e. The predicted molar refractivity (Wildman–Crippen MR) is 60.9 cm³/mol. The molecule has 0 aliphatic carbocycles. The van der Waals surface area contributed by atoms with Crippen molar-refractivity contribution in [3.63, 3.8) is 0 Å². The number of nitrogens with one attached hydrogen (secondary N) is 1. The highest BCUT2D eigenvalue weighted by molar-refractivity contribution is 6.25. The van der Waals surface area contributed by atoms with Gasteiger partial charge >= 0.3 is 23.4 Å². The molecule has 0 spiro atoms. The molecule has 5 nitrogen and oxygen atoms in total. The average Bonchev–Trinajstić information content (AvgIpc) is 2.20. The van der Waals surface area contributed by atoms with Crippen molar-refractivity contribution >= 4 is 23.7 Å². The molecule has 1 amide bonds. The third kappa shape index (κ3) is 5.03. The van der Waals surface area contributed by atoms with Gasteiger partial charge < -0.3 is 14.8 Å². The number of halogens is 5. The maximum atomic E-state index is 13.6. The number of ether oxygens (including phenoxy) is 2. The summed E-state index contributed by atoms with van der Waals surface area (Å²) >= 11 is 4.70. The molecule has 0 saturated heterocycles. The molecule has 20 heavy (non-hydrogen) atoms. The molecule has 1 N–H and O–H groups in total. The maximum Gasteiger partial charge on any atom is 0.439 e. The standard InChI is InChI=1S/C10H14ClF4NO4/c1-8(2,3)20-7(18)16-5(6(17)19-4)9(11,12)10(13,14)15/h5H,1-4H3,(H,16,18). The fourth-order valence-electron chi connectivity index (χ4n) is 1.00. The molecule has 0 aromatic carbocycles. The van der Waals surface area contributed by atoms with Crippen molar-refractivity contribution in [2.75, 3.05) is 7.11 Å². The molecule has 0 aliphatic rings. The molecular formula is C10H14ClF4NO4. The molecule has 0 aromatic heterocycles. The number of alkyl halides is 5. The van der Waals surface area contributed by atoms with E-state index in [0.29, 0.717) is 0 Å². The molecule has 0 aromatic rings. The fourth-order valence-corrected chi connectivity index (χ4v) is 1.15. The van der Waals surface area contributed by atoms with E-state index in [-0.39, 0.29) is 0 Å². The van der Waals surface area contributed by atoms with Crippen LogP contribution in [0, 0.1) is 0 Å². The van der Waals surface area contributed by atoms with Crippen molar-refractivity contribution in [1.82, 2.24) is 5.32 Å². The Hall–Kier alpha value is -1.25. The van der Waals surface area contributed by atoms with Crippen LogP contribution in [0.2, 0.25) is 0 Å². The minimum absolute atomic E-state index is 0.718. The molecule has 118 valence electrons. The number of carbonyl (C=O) groups is 2. The van der Waals surface area contributed by atoms with Crippen LogP contribution in [-0.2, 0) is 14.3 Å².